The minimum absolute atomic E-state index is 0.376. The van der Waals surface area contributed by atoms with E-state index in [4.69, 9.17) is 0 Å². The molecule has 106 valence electrons. The molecule has 1 aromatic rings. The lowest BCUT2D eigenvalue weighted by Gasteiger charge is -2.22. The van der Waals surface area contributed by atoms with E-state index in [1.54, 1.807) is 0 Å². The molecule has 19 heavy (non-hydrogen) atoms. The number of hydrogen-bond acceptors (Lipinski definition) is 2. The lowest BCUT2D eigenvalue weighted by atomic mass is 10.1. The first kappa shape index (κ1) is 15.3. The first-order chi connectivity index (χ1) is 8.51. The Balaban J connectivity index is 2.95. The van der Waals surface area contributed by atoms with Crippen LogP contribution in [0.25, 0.3) is 0 Å². The van der Waals surface area contributed by atoms with Gasteiger partial charge in [-0.25, -0.2) is 4.79 Å². The van der Waals surface area contributed by atoms with E-state index < -0.39 is 24.4 Å². The van der Waals surface area contributed by atoms with Gasteiger partial charge in [-0.05, 0) is 19.1 Å². The molecule has 0 aliphatic heterocycles. The van der Waals surface area contributed by atoms with Crippen LogP contribution in [-0.4, -0.2) is 24.4 Å². The first-order valence-electron chi connectivity index (χ1n) is 4.93. The average molecular weight is 286 g/mol. The zero-order chi connectivity index (χ0) is 14.8. The van der Waals surface area contributed by atoms with Crippen LogP contribution in [0.15, 0.2) is 24.3 Å². The van der Waals surface area contributed by atoms with Crippen molar-refractivity contribution in [2.75, 3.05) is 0 Å². The molecule has 0 radical (unpaired) electrons. The Morgan fingerprint density at radius 2 is 1.63 bits per heavy atom. The van der Waals surface area contributed by atoms with E-state index in [0.29, 0.717) is 5.56 Å². The van der Waals surface area contributed by atoms with Gasteiger partial charge in [-0.15, -0.1) is 0 Å². The monoisotopic (exact) mass is 286 g/mol. The summed E-state index contributed by atoms with van der Waals surface area (Å²) in [5, 5.41) is 0. The van der Waals surface area contributed by atoms with Gasteiger partial charge >= 0.3 is 18.3 Å². The molecule has 1 rings (SSSR count). The van der Waals surface area contributed by atoms with Gasteiger partial charge in [0, 0.05) is 0 Å². The van der Waals surface area contributed by atoms with Crippen molar-refractivity contribution in [3.8, 4) is 0 Å². The number of ether oxygens (including phenoxy) is 1. The summed E-state index contributed by atoms with van der Waals surface area (Å²) < 4.78 is 76.6. The largest absolute Gasteiger partial charge is 0.439 e. The van der Waals surface area contributed by atoms with Gasteiger partial charge in [-0.2, -0.15) is 26.3 Å². The molecule has 2 nitrogen and oxygen atoms in total. The third-order valence-electron chi connectivity index (χ3n) is 2.07. The first-order valence-corrected chi connectivity index (χ1v) is 4.93. The zero-order valence-electron chi connectivity index (χ0n) is 9.47. The molecule has 8 heteroatoms. The third kappa shape index (κ3) is 4.15. The normalized spacial score (nSPS) is 12.6. The Hall–Kier alpha value is -1.73. The molecule has 0 unspecified atom stereocenters. The number of halogens is 6. The van der Waals surface area contributed by atoms with Crippen LogP contribution in [0.1, 0.15) is 15.9 Å². The smallest absolute Gasteiger partial charge is 0.434 e. The Morgan fingerprint density at radius 3 is 2.05 bits per heavy atom. The molecule has 0 atom stereocenters. The maximum atomic E-state index is 12.2. The second kappa shape index (κ2) is 5.10. The van der Waals surface area contributed by atoms with Gasteiger partial charge in [0.1, 0.15) is 0 Å². The Kier molecular flexibility index (Phi) is 4.12. The van der Waals surface area contributed by atoms with Gasteiger partial charge < -0.3 is 4.74 Å². The van der Waals surface area contributed by atoms with Crippen molar-refractivity contribution in [2.45, 2.75) is 25.4 Å². The quantitative estimate of drug-likeness (QED) is 0.613. The number of carbonyl (C=O) groups excluding carboxylic acids is 1. The maximum Gasteiger partial charge on any atom is 0.434 e. The van der Waals surface area contributed by atoms with Crippen molar-refractivity contribution < 1.29 is 35.9 Å². The summed E-state index contributed by atoms with van der Waals surface area (Å²) in [5.74, 6) is -1.68. The number of alkyl halides is 6. The Labute approximate surface area is 104 Å². The molecule has 0 aliphatic carbocycles. The maximum absolute atomic E-state index is 12.2. The summed E-state index contributed by atoms with van der Waals surface area (Å²) in [6.07, 6.45) is -15.6. The molecule has 1 aromatic carbocycles. The van der Waals surface area contributed by atoms with Crippen LogP contribution >= 0.6 is 0 Å². The van der Waals surface area contributed by atoms with E-state index in [2.05, 4.69) is 4.74 Å². The fraction of sp³-hybridized carbons (Fsp3) is 0.364. The molecular weight excluding hydrogens is 278 g/mol. The van der Waals surface area contributed by atoms with Gasteiger partial charge in [0.05, 0.1) is 5.56 Å². The molecular formula is C11H8F6O2. The standard InChI is InChI=1S/C11H8F6O2/c1-6-3-2-4-7(5-6)8(18)19-9(10(12,13)14)11(15,16)17/h2-5,9H,1H3. The van der Waals surface area contributed by atoms with E-state index in [-0.39, 0.29) is 5.56 Å². The van der Waals surface area contributed by atoms with E-state index in [1.807, 2.05) is 0 Å². The van der Waals surface area contributed by atoms with E-state index in [1.165, 1.54) is 19.1 Å². The van der Waals surface area contributed by atoms with Crippen LogP contribution in [0.4, 0.5) is 26.3 Å². The topological polar surface area (TPSA) is 26.3 Å². The Bertz CT molecular complexity index is 449. The SMILES string of the molecule is Cc1cccc(C(=O)OC(C(F)(F)F)C(F)(F)F)c1. The molecule has 0 saturated carbocycles. The predicted molar refractivity (Wildman–Crippen MR) is 52.5 cm³/mol. The zero-order valence-corrected chi connectivity index (χ0v) is 9.47. The number of benzene rings is 1. The molecule has 0 aromatic heterocycles. The van der Waals surface area contributed by atoms with Crippen LogP contribution in [-0.2, 0) is 4.74 Å². The molecule has 0 N–H and O–H groups in total. The Morgan fingerprint density at radius 1 is 1.11 bits per heavy atom. The van der Waals surface area contributed by atoms with Crippen molar-refractivity contribution >= 4 is 5.97 Å². The average Bonchev–Trinajstić information content (AvgIpc) is 2.22. The van der Waals surface area contributed by atoms with Crippen molar-refractivity contribution in [1.82, 2.24) is 0 Å². The van der Waals surface area contributed by atoms with Crippen LogP contribution in [0.2, 0.25) is 0 Å². The highest BCUT2D eigenvalue weighted by Crippen LogP contribution is 2.36. The third-order valence-corrected chi connectivity index (χ3v) is 2.07. The van der Waals surface area contributed by atoms with Crippen LogP contribution in [0, 0.1) is 6.92 Å². The highest BCUT2D eigenvalue weighted by molar-refractivity contribution is 5.89. The van der Waals surface area contributed by atoms with Crippen molar-refractivity contribution in [2.24, 2.45) is 0 Å². The second-order valence-electron chi connectivity index (χ2n) is 3.74. The highest BCUT2D eigenvalue weighted by atomic mass is 19.4. The fourth-order valence-electron chi connectivity index (χ4n) is 1.27. The lowest BCUT2D eigenvalue weighted by Crippen LogP contribution is -2.45. The summed E-state index contributed by atoms with van der Waals surface area (Å²) in [6, 6.07) is 5.05. The molecule has 0 amide bonds. The van der Waals surface area contributed by atoms with E-state index in [0.717, 1.165) is 12.1 Å². The van der Waals surface area contributed by atoms with Gasteiger partial charge in [0.2, 0.25) is 0 Å². The molecule has 0 heterocycles. The number of carbonyl (C=O) groups is 1. The minimum Gasteiger partial charge on any atom is -0.439 e. The molecule has 0 fully saturated rings. The van der Waals surface area contributed by atoms with Crippen molar-refractivity contribution in [3.05, 3.63) is 35.4 Å². The molecule has 0 aliphatic rings. The summed E-state index contributed by atoms with van der Waals surface area (Å²) in [5.41, 5.74) is 0.128. The van der Waals surface area contributed by atoms with Crippen molar-refractivity contribution in [1.29, 1.82) is 0 Å². The number of rotatable bonds is 2. The number of hydrogen-bond donors (Lipinski definition) is 0. The summed E-state index contributed by atoms with van der Waals surface area (Å²) in [4.78, 5) is 11.3. The fourth-order valence-corrected chi connectivity index (χ4v) is 1.27. The lowest BCUT2D eigenvalue weighted by molar-refractivity contribution is -0.307. The van der Waals surface area contributed by atoms with E-state index >= 15 is 0 Å². The molecule has 0 spiro atoms. The van der Waals surface area contributed by atoms with Gasteiger partial charge in [0.25, 0.3) is 6.10 Å². The molecule has 0 bridgehead atoms. The van der Waals surface area contributed by atoms with Gasteiger partial charge in [-0.3, -0.25) is 0 Å². The van der Waals surface area contributed by atoms with Gasteiger partial charge in [-0.1, -0.05) is 17.7 Å². The number of aryl methyl sites for hydroxylation is 1. The number of esters is 1. The summed E-state index contributed by atoms with van der Waals surface area (Å²) in [7, 11) is 0. The van der Waals surface area contributed by atoms with Crippen LogP contribution in [0.3, 0.4) is 0 Å². The summed E-state index contributed by atoms with van der Waals surface area (Å²) >= 11 is 0. The predicted octanol–water partition coefficient (Wildman–Crippen LogP) is 3.65. The van der Waals surface area contributed by atoms with Crippen LogP contribution < -0.4 is 0 Å². The minimum atomic E-state index is -5.71. The van der Waals surface area contributed by atoms with Gasteiger partial charge in [0.15, 0.2) is 0 Å². The molecule has 0 saturated heterocycles. The van der Waals surface area contributed by atoms with Crippen molar-refractivity contribution in [3.63, 3.8) is 0 Å². The summed E-state index contributed by atoms with van der Waals surface area (Å²) in [6.45, 7) is 1.53. The highest BCUT2D eigenvalue weighted by Gasteiger charge is 2.59. The van der Waals surface area contributed by atoms with E-state index in [9.17, 15) is 31.1 Å². The van der Waals surface area contributed by atoms with Crippen LogP contribution in [0.5, 0.6) is 0 Å². The second-order valence-corrected chi connectivity index (χ2v) is 3.74.